The highest BCUT2D eigenvalue weighted by molar-refractivity contribution is 5.92. The Balaban J connectivity index is 2.83. The van der Waals surface area contributed by atoms with E-state index >= 15 is 0 Å². The molecule has 0 saturated heterocycles. The molecular formula is C9H16N2O2. The molecule has 74 valence electrons. The maximum absolute atomic E-state index is 11.3. The van der Waals surface area contributed by atoms with E-state index in [1.807, 2.05) is 38.0 Å². The number of rotatable bonds is 3. The predicted octanol–water partition coefficient (Wildman–Crippen LogP) is -0.0795. The molecule has 1 aliphatic heterocycles. The molecule has 13 heavy (non-hydrogen) atoms. The topological polar surface area (TPSA) is 32.8 Å². The van der Waals surface area contributed by atoms with Crippen LogP contribution >= 0.6 is 0 Å². The Morgan fingerprint density at radius 2 is 1.92 bits per heavy atom. The van der Waals surface area contributed by atoms with Gasteiger partial charge >= 0.3 is 5.97 Å². The van der Waals surface area contributed by atoms with Gasteiger partial charge in [0, 0.05) is 20.6 Å². The number of carbonyl (C=O) groups excluding carboxylic acids is 1. The van der Waals surface area contributed by atoms with Gasteiger partial charge in [-0.05, 0) is 14.1 Å². The van der Waals surface area contributed by atoms with E-state index in [0.717, 1.165) is 11.3 Å². The number of likely N-dealkylation sites (N-methyl/N-ethyl adjacent to an activating group) is 2. The lowest BCUT2D eigenvalue weighted by Crippen LogP contribution is -2.21. The summed E-state index contributed by atoms with van der Waals surface area (Å²) in [5, 5.41) is 0. The van der Waals surface area contributed by atoms with E-state index < -0.39 is 0 Å². The number of esters is 1. The Morgan fingerprint density at radius 1 is 1.31 bits per heavy atom. The summed E-state index contributed by atoms with van der Waals surface area (Å²) in [5.74, 6) is -0.183. The summed E-state index contributed by atoms with van der Waals surface area (Å²) in [7, 11) is 7.72. The van der Waals surface area contributed by atoms with Crippen LogP contribution in [0.15, 0.2) is 11.3 Å². The molecule has 1 rings (SSSR count). The Hall–Kier alpha value is -1.03. The second kappa shape index (κ2) is 3.79. The molecule has 0 unspecified atom stereocenters. The first-order valence-electron chi connectivity index (χ1n) is 4.23. The van der Waals surface area contributed by atoms with Gasteiger partial charge in [-0.1, -0.05) is 0 Å². The molecule has 0 aromatic heterocycles. The molecule has 0 saturated carbocycles. The van der Waals surface area contributed by atoms with E-state index in [9.17, 15) is 4.79 Å². The van der Waals surface area contributed by atoms with Crippen molar-refractivity contribution < 1.29 is 9.53 Å². The van der Waals surface area contributed by atoms with Crippen LogP contribution in [0.5, 0.6) is 0 Å². The zero-order valence-corrected chi connectivity index (χ0v) is 8.63. The van der Waals surface area contributed by atoms with Crippen molar-refractivity contribution in [3.63, 3.8) is 0 Å². The molecule has 0 atom stereocenters. The SMILES string of the molecule is CN(C)CC1=C(N(C)C)COC1=O. The molecule has 1 aliphatic rings. The molecule has 0 radical (unpaired) electrons. The maximum Gasteiger partial charge on any atom is 0.337 e. The number of carbonyl (C=O) groups is 1. The molecule has 0 aromatic rings. The predicted molar refractivity (Wildman–Crippen MR) is 50.2 cm³/mol. The van der Waals surface area contributed by atoms with Gasteiger partial charge in [-0.2, -0.15) is 0 Å². The van der Waals surface area contributed by atoms with Gasteiger partial charge in [0.2, 0.25) is 0 Å². The molecule has 0 fully saturated rings. The first-order chi connectivity index (χ1) is 6.02. The van der Waals surface area contributed by atoms with Crippen LogP contribution in [0.3, 0.4) is 0 Å². The first-order valence-corrected chi connectivity index (χ1v) is 4.23. The summed E-state index contributed by atoms with van der Waals surface area (Å²) >= 11 is 0. The summed E-state index contributed by atoms with van der Waals surface area (Å²) < 4.78 is 4.96. The molecule has 0 bridgehead atoms. The zero-order valence-electron chi connectivity index (χ0n) is 8.63. The van der Waals surface area contributed by atoms with Crippen molar-refractivity contribution in [2.45, 2.75) is 0 Å². The van der Waals surface area contributed by atoms with Crippen LogP contribution in [0.1, 0.15) is 0 Å². The van der Waals surface area contributed by atoms with E-state index in [0.29, 0.717) is 13.2 Å². The minimum Gasteiger partial charge on any atom is -0.456 e. The van der Waals surface area contributed by atoms with Gasteiger partial charge in [-0.3, -0.25) is 0 Å². The minimum absolute atomic E-state index is 0.183. The summed E-state index contributed by atoms with van der Waals surface area (Å²) in [5.41, 5.74) is 1.76. The van der Waals surface area contributed by atoms with Gasteiger partial charge in [0.1, 0.15) is 6.61 Å². The Labute approximate surface area is 78.8 Å². The van der Waals surface area contributed by atoms with Crippen LogP contribution in [0, 0.1) is 0 Å². The fourth-order valence-corrected chi connectivity index (χ4v) is 1.30. The van der Waals surface area contributed by atoms with Crippen LogP contribution in [-0.2, 0) is 9.53 Å². The van der Waals surface area contributed by atoms with E-state index in [-0.39, 0.29) is 5.97 Å². The highest BCUT2D eigenvalue weighted by Gasteiger charge is 2.25. The monoisotopic (exact) mass is 184 g/mol. The molecule has 0 aromatic carbocycles. The zero-order chi connectivity index (χ0) is 10.0. The van der Waals surface area contributed by atoms with Crippen molar-refractivity contribution in [2.24, 2.45) is 0 Å². The first kappa shape index (κ1) is 10.1. The fraction of sp³-hybridized carbons (Fsp3) is 0.667. The highest BCUT2D eigenvalue weighted by Crippen LogP contribution is 2.17. The lowest BCUT2D eigenvalue weighted by atomic mass is 10.2. The van der Waals surface area contributed by atoms with Crippen LogP contribution in [-0.4, -0.2) is 57.1 Å². The Kier molecular flexibility index (Phi) is 2.93. The molecule has 0 aliphatic carbocycles. The van der Waals surface area contributed by atoms with E-state index in [4.69, 9.17) is 4.74 Å². The highest BCUT2D eigenvalue weighted by atomic mass is 16.5. The maximum atomic E-state index is 11.3. The number of hydrogen-bond acceptors (Lipinski definition) is 4. The molecule has 0 spiro atoms. The number of hydrogen-bond donors (Lipinski definition) is 0. The molecule has 0 N–H and O–H groups in total. The third-order valence-corrected chi connectivity index (χ3v) is 1.95. The van der Waals surface area contributed by atoms with E-state index in [2.05, 4.69) is 0 Å². The Bertz CT molecular complexity index is 244. The minimum atomic E-state index is -0.183. The Morgan fingerprint density at radius 3 is 2.38 bits per heavy atom. The van der Waals surface area contributed by atoms with Crippen LogP contribution in [0.4, 0.5) is 0 Å². The van der Waals surface area contributed by atoms with Crippen molar-refractivity contribution in [1.82, 2.24) is 9.80 Å². The third-order valence-electron chi connectivity index (χ3n) is 1.95. The van der Waals surface area contributed by atoms with Gasteiger partial charge < -0.3 is 14.5 Å². The average Bonchev–Trinajstić information content (AvgIpc) is 2.32. The fourth-order valence-electron chi connectivity index (χ4n) is 1.30. The number of cyclic esters (lactones) is 1. The van der Waals surface area contributed by atoms with Crippen molar-refractivity contribution in [2.75, 3.05) is 41.3 Å². The lowest BCUT2D eigenvalue weighted by Gasteiger charge is -2.15. The summed E-state index contributed by atoms with van der Waals surface area (Å²) in [6.07, 6.45) is 0. The van der Waals surface area contributed by atoms with Crippen molar-refractivity contribution in [1.29, 1.82) is 0 Å². The lowest BCUT2D eigenvalue weighted by molar-refractivity contribution is -0.136. The van der Waals surface area contributed by atoms with Gasteiger partial charge in [0.15, 0.2) is 0 Å². The summed E-state index contributed by atoms with van der Waals surface area (Å²) in [6, 6.07) is 0. The van der Waals surface area contributed by atoms with Crippen LogP contribution in [0.2, 0.25) is 0 Å². The second-order valence-corrected chi connectivity index (χ2v) is 3.63. The van der Waals surface area contributed by atoms with Crippen molar-refractivity contribution in [3.8, 4) is 0 Å². The van der Waals surface area contributed by atoms with E-state index in [1.165, 1.54) is 0 Å². The van der Waals surface area contributed by atoms with Crippen LogP contribution in [0.25, 0.3) is 0 Å². The third kappa shape index (κ3) is 2.21. The summed E-state index contributed by atoms with van der Waals surface area (Å²) in [6.45, 7) is 1.06. The number of nitrogens with zero attached hydrogens (tertiary/aromatic N) is 2. The van der Waals surface area contributed by atoms with Crippen LogP contribution < -0.4 is 0 Å². The van der Waals surface area contributed by atoms with Gasteiger partial charge in [-0.25, -0.2) is 4.79 Å². The number of ether oxygens (including phenoxy) is 1. The van der Waals surface area contributed by atoms with E-state index in [1.54, 1.807) is 0 Å². The smallest absolute Gasteiger partial charge is 0.337 e. The molecule has 1 heterocycles. The van der Waals surface area contributed by atoms with Crippen molar-refractivity contribution in [3.05, 3.63) is 11.3 Å². The normalized spacial score (nSPS) is 16.8. The quantitative estimate of drug-likeness (QED) is 0.574. The summed E-state index contributed by atoms with van der Waals surface area (Å²) in [4.78, 5) is 15.2. The second-order valence-electron chi connectivity index (χ2n) is 3.63. The molecule has 4 heteroatoms. The molecular weight excluding hydrogens is 168 g/mol. The largest absolute Gasteiger partial charge is 0.456 e. The molecule has 0 amide bonds. The van der Waals surface area contributed by atoms with Gasteiger partial charge in [0.25, 0.3) is 0 Å². The van der Waals surface area contributed by atoms with Gasteiger partial charge in [-0.15, -0.1) is 0 Å². The average molecular weight is 184 g/mol. The standard InChI is InChI=1S/C9H16N2O2/c1-10(2)5-7-8(11(3)4)6-13-9(7)12/h5-6H2,1-4H3. The van der Waals surface area contributed by atoms with Crippen molar-refractivity contribution >= 4 is 5.97 Å². The molecule has 4 nitrogen and oxygen atoms in total. The van der Waals surface area contributed by atoms with Gasteiger partial charge in [0.05, 0.1) is 11.3 Å².